The SMILES string of the molecule is CO[C@H]1[C@H](COC(C)=O)OC[C@H]1OC(C)=O. The molecule has 0 unspecified atom stereocenters. The molecule has 92 valence electrons. The lowest BCUT2D eigenvalue weighted by atomic mass is 10.1. The molecule has 1 aliphatic heterocycles. The third-order valence-corrected chi connectivity index (χ3v) is 2.25. The molecule has 1 heterocycles. The minimum atomic E-state index is -0.442. The Morgan fingerprint density at radius 1 is 1.31 bits per heavy atom. The van der Waals surface area contributed by atoms with E-state index >= 15 is 0 Å². The van der Waals surface area contributed by atoms with Crippen LogP contribution in [-0.4, -0.2) is 50.6 Å². The summed E-state index contributed by atoms with van der Waals surface area (Å²) in [5.41, 5.74) is 0. The summed E-state index contributed by atoms with van der Waals surface area (Å²) in [6, 6.07) is 0. The van der Waals surface area contributed by atoms with Crippen molar-refractivity contribution in [3.63, 3.8) is 0 Å². The van der Waals surface area contributed by atoms with Gasteiger partial charge in [0.1, 0.15) is 18.8 Å². The van der Waals surface area contributed by atoms with E-state index in [0.29, 0.717) is 0 Å². The summed E-state index contributed by atoms with van der Waals surface area (Å²) >= 11 is 0. The molecule has 0 aliphatic carbocycles. The predicted octanol–water partition coefficient (Wildman–Crippen LogP) is -0.105. The highest BCUT2D eigenvalue weighted by Gasteiger charge is 2.40. The lowest BCUT2D eigenvalue weighted by Gasteiger charge is -2.20. The van der Waals surface area contributed by atoms with Crippen LogP contribution in [0.4, 0.5) is 0 Å². The van der Waals surface area contributed by atoms with Gasteiger partial charge in [0, 0.05) is 21.0 Å². The smallest absolute Gasteiger partial charge is 0.303 e. The lowest BCUT2D eigenvalue weighted by molar-refractivity contribution is -0.153. The van der Waals surface area contributed by atoms with Crippen LogP contribution in [0.25, 0.3) is 0 Å². The molecule has 1 fully saturated rings. The molecule has 0 spiro atoms. The molecule has 6 nitrogen and oxygen atoms in total. The van der Waals surface area contributed by atoms with Crippen molar-refractivity contribution in [3.8, 4) is 0 Å². The van der Waals surface area contributed by atoms with Crippen LogP contribution >= 0.6 is 0 Å². The Balaban J connectivity index is 2.48. The maximum atomic E-state index is 10.8. The zero-order chi connectivity index (χ0) is 12.1. The molecular weight excluding hydrogens is 216 g/mol. The Morgan fingerprint density at radius 2 is 2.00 bits per heavy atom. The number of ether oxygens (including phenoxy) is 4. The van der Waals surface area contributed by atoms with Gasteiger partial charge in [-0.3, -0.25) is 9.59 Å². The fourth-order valence-corrected chi connectivity index (χ4v) is 1.61. The van der Waals surface area contributed by atoms with Crippen molar-refractivity contribution in [1.82, 2.24) is 0 Å². The van der Waals surface area contributed by atoms with Gasteiger partial charge in [0.2, 0.25) is 0 Å². The Bertz CT molecular complexity index is 264. The minimum absolute atomic E-state index is 0.103. The fraction of sp³-hybridized carbons (Fsp3) is 0.800. The summed E-state index contributed by atoms with van der Waals surface area (Å²) < 4.78 is 20.4. The van der Waals surface area contributed by atoms with Gasteiger partial charge in [-0.25, -0.2) is 0 Å². The molecule has 0 N–H and O–H groups in total. The largest absolute Gasteiger partial charge is 0.463 e. The van der Waals surface area contributed by atoms with E-state index < -0.39 is 18.3 Å². The Kier molecular flexibility index (Phi) is 4.70. The number of hydrogen-bond donors (Lipinski definition) is 0. The number of esters is 2. The Morgan fingerprint density at radius 3 is 2.50 bits per heavy atom. The first-order chi connectivity index (χ1) is 7.54. The first-order valence-corrected chi connectivity index (χ1v) is 4.99. The van der Waals surface area contributed by atoms with Gasteiger partial charge in [-0.2, -0.15) is 0 Å². The first kappa shape index (κ1) is 12.9. The average Bonchev–Trinajstić information content (AvgIpc) is 2.56. The summed E-state index contributed by atoms with van der Waals surface area (Å²) in [5, 5.41) is 0. The van der Waals surface area contributed by atoms with Gasteiger partial charge in [0.05, 0.1) is 6.61 Å². The standard InChI is InChI=1S/C10H16O6/c1-6(11)14-4-8-10(13-3)9(5-15-8)16-7(2)12/h8-10H,4-5H2,1-3H3/t8-,9+,10-/m0/s1. The second-order valence-corrected chi connectivity index (χ2v) is 3.52. The molecule has 16 heavy (non-hydrogen) atoms. The number of rotatable bonds is 4. The van der Waals surface area contributed by atoms with Crippen molar-refractivity contribution in [3.05, 3.63) is 0 Å². The second kappa shape index (κ2) is 5.81. The molecular formula is C10H16O6. The van der Waals surface area contributed by atoms with E-state index in [1.165, 1.54) is 21.0 Å². The second-order valence-electron chi connectivity index (χ2n) is 3.52. The maximum absolute atomic E-state index is 10.8. The van der Waals surface area contributed by atoms with Crippen molar-refractivity contribution in [2.75, 3.05) is 20.3 Å². The molecule has 1 saturated heterocycles. The summed E-state index contributed by atoms with van der Waals surface area (Å²) in [7, 11) is 1.50. The molecule has 0 amide bonds. The number of hydrogen-bond acceptors (Lipinski definition) is 6. The van der Waals surface area contributed by atoms with Crippen molar-refractivity contribution < 1.29 is 28.5 Å². The fourth-order valence-electron chi connectivity index (χ4n) is 1.61. The molecule has 0 radical (unpaired) electrons. The van der Waals surface area contributed by atoms with Crippen LogP contribution in [0.5, 0.6) is 0 Å². The van der Waals surface area contributed by atoms with Crippen LogP contribution in [0.2, 0.25) is 0 Å². The third kappa shape index (κ3) is 3.46. The van der Waals surface area contributed by atoms with Gasteiger partial charge >= 0.3 is 11.9 Å². The van der Waals surface area contributed by atoms with Crippen LogP contribution in [0.15, 0.2) is 0 Å². The van der Waals surface area contributed by atoms with Crippen molar-refractivity contribution >= 4 is 11.9 Å². The highest BCUT2D eigenvalue weighted by molar-refractivity contribution is 5.66. The quantitative estimate of drug-likeness (QED) is 0.630. The van der Waals surface area contributed by atoms with Gasteiger partial charge in [-0.15, -0.1) is 0 Å². The molecule has 3 atom stereocenters. The monoisotopic (exact) mass is 232 g/mol. The highest BCUT2D eigenvalue weighted by atomic mass is 16.6. The molecule has 0 aromatic rings. The van der Waals surface area contributed by atoms with Crippen LogP contribution in [0.1, 0.15) is 13.8 Å². The van der Waals surface area contributed by atoms with Gasteiger partial charge < -0.3 is 18.9 Å². The van der Waals surface area contributed by atoms with Gasteiger partial charge in [-0.1, -0.05) is 0 Å². The van der Waals surface area contributed by atoms with Crippen molar-refractivity contribution in [1.29, 1.82) is 0 Å². The van der Waals surface area contributed by atoms with E-state index in [4.69, 9.17) is 18.9 Å². The van der Waals surface area contributed by atoms with E-state index in [0.717, 1.165) is 0 Å². The average molecular weight is 232 g/mol. The summed E-state index contributed by atoms with van der Waals surface area (Å²) in [5.74, 6) is -0.766. The van der Waals surface area contributed by atoms with E-state index in [-0.39, 0.29) is 25.2 Å². The first-order valence-electron chi connectivity index (χ1n) is 4.99. The predicted molar refractivity (Wildman–Crippen MR) is 52.7 cm³/mol. The van der Waals surface area contributed by atoms with E-state index in [1.54, 1.807) is 0 Å². The van der Waals surface area contributed by atoms with E-state index in [1.807, 2.05) is 0 Å². The summed E-state index contributed by atoms with van der Waals surface area (Å²) in [6.07, 6.45) is -1.23. The topological polar surface area (TPSA) is 71.1 Å². The highest BCUT2D eigenvalue weighted by Crippen LogP contribution is 2.20. The minimum Gasteiger partial charge on any atom is -0.463 e. The zero-order valence-electron chi connectivity index (χ0n) is 9.60. The number of carbonyl (C=O) groups excluding carboxylic acids is 2. The molecule has 1 aliphatic rings. The zero-order valence-corrected chi connectivity index (χ0v) is 9.60. The van der Waals surface area contributed by atoms with Crippen molar-refractivity contribution in [2.24, 2.45) is 0 Å². The van der Waals surface area contributed by atoms with Gasteiger partial charge in [0.15, 0.2) is 6.10 Å². The molecule has 0 bridgehead atoms. The lowest BCUT2D eigenvalue weighted by Crippen LogP contribution is -2.37. The molecule has 0 saturated carbocycles. The summed E-state index contributed by atoms with van der Waals surface area (Å²) in [6.45, 7) is 3.00. The van der Waals surface area contributed by atoms with Crippen LogP contribution in [0.3, 0.4) is 0 Å². The van der Waals surface area contributed by atoms with Gasteiger partial charge in [0.25, 0.3) is 0 Å². The van der Waals surface area contributed by atoms with Crippen LogP contribution in [-0.2, 0) is 28.5 Å². The Labute approximate surface area is 93.8 Å². The van der Waals surface area contributed by atoms with Crippen LogP contribution < -0.4 is 0 Å². The number of carbonyl (C=O) groups is 2. The van der Waals surface area contributed by atoms with Crippen LogP contribution in [0, 0.1) is 0 Å². The summed E-state index contributed by atoms with van der Waals surface area (Å²) in [4.78, 5) is 21.5. The molecule has 6 heteroatoms. The number of methoxy groups -OCH3 is 1. The van der Waals surface area contributed by atoms with Gasteiger partial charge in [-0.05, 0) is 0 Å². The normalized spacial score (nSPS) is 28.8. The maximum Gasteiger partial charge on any atom is 0.303 e. The third-order valence-electron chi connectivity index (χ3n) is 2.25. The van der Waals surface area contributed by atoms with E-state index in [9.17, 15) is 9.59 Å². The molecule has 0 aromatic carbocycles. The van der Waals surface area contributed by atoms with E-state index in [2.05, 4.69) is 0 Å². The Hall–Kier alpha value is -1.14. The van der Waals surface area contributed by atoms with Crippen molar-refractivity contribution in [2.45, 2.75) is 32.2 Å². The molecule has 1 rings (SSSR count). The molecule has 0 aromatic heterocycles.